The van der Waals surface area contributed by atoms with Crippen LogP contribution in [-0.4, -0.2) is 13.0 Å². The Morgan fingerprint density at radius 2 is 1.76 bits per heavy atom. The zero-order chi connectivity index (χ0) is 23.6. The van der Waals surface area contributed by atoms with Gasteiger partial charge in [0.25, 0.3) is 5.91 Å². The number of ether oxygens (including phenoxy) is 2. The van der Waals surface area contributed by atoms with Crippen LogP contribution >= 0.6 is 0 Å². The summed E-state index contributed by atoms with van der Waals surface area (Å²) in [6, 6.07) is 25.7. The first-order chi connectivity index (χ1) is 16.0. The molecule has 0 saturated carbocycles. The van der Waals surface area contributed by atoms with Crippen LogP contribution in [0.1, 0.15) is 35.2 Å². The number of amides is 1. The van der Waals surface area contributed by atoms with Gasteiger partial charge in [0, 0.05) is 5.56 Å². The Bertz CT molecular complexity index is 1240. The van der Waals surface area contributed by atoms with Crippen molar-refractivity contribution in [2.45, 2.75) is 19.6 Å². The van der Waals surface area contributed by atoms with Crippen LogP contribution in [0.25, 0.3) is 6.08 Å². The first kappa shape index (κ1) is 23.1. The molecule has 3 aromatic carbocycles. The van der Waals surface area contributed by atoms with Crippen molar-refractivity contribution in [1.82, 2.24) is 5.32 Å². The Morgan fingerprint density at radius 3 is 2.45 bits per heavy atom. The number of nitrogens with one attached hydrogen (secondary N) is 1. The van der Waals surface area contributed by atoms with E-state index < -0.39 is 5.91 Å². The molecule has 1 atom stereocenters. The van der Waals surface area contributed by atoms with Crippen LogP contribution in [0.5, 0.6) is 11.5 Å². The van der Waals surface area contributed by atoms with Gasteiger partial charge in [0.1, 0.15) is 18.2 Å². The lowest BCUT2D eigenvalue weighted by atomic mass is 10.1. The van der Waals surface area contributed by atoms with Gasteiger partial charge in [-0.25, -0.2) is 0 Å². The fourth-order valence-corrected chi connectivity index (χ4v) is 3.22. The minimum Gasteiger partial charge on any atom is -0.493 e. The van der Waals surface area contributed by atoms with E-state index in [4.69, 9.17) is 9.47 Å². The van der Waals surface area contributed by atoms with E-state index in [9.17, 15) is 15.3 Å². The van der Waals surface area contributed by atoms with Crippen molar-refractivity contribution in [1.29, 1.82) is 10.5 Å². The molecule has 0 saturated heterocycles. The molecule has 0 bridgehead atoms. The van der Waals surface area contributed by atoms with Gasteiger partial charge in [-0.2, -0.15) is 10.5 Å². The standard InChI is InChI=1S/C27H23N3O3/c1-19(21-8-4-3-5-9-21)30-27(31)24(17-29)14-20-12-13-25(26(15-20)32-2)33-18-23-11-7-6-10-22(23)16-28/h3-15,19H,18H2,1-2H3,(H,30,31)/b24-14+/t19-/m1/s1. The molecule has 0 unspecified atom stereocenters. The topological polar surface area (TPSA) is 95.1 Å². The second-order valence-corrected chi connectivity index (χ2v) is 7.24. The van der Waals surface area contributed by atoms with E-state index in [1.54, 1.807) is 30.3 Å². The van der Waals surface area contributed by atoms with Crippen LogP contribution in [-0.2, 0) is 11.4 Å². The third kappa shape index (κ3) is 6.00. The summed E-state index contributed by atoms with van der Waals surface area (Å²) in [6.07, 6.45) is 1.50. The van der Waals surface area contributed by atoms with Crippen LogP contribution < -0.4 is 14.8 Å². The van der Waals surface area contributed by atoms with E-state index >= 15 is 0 Å². The maximum Gasteiger partial charge on any atom is 0.262 e. The van der Waals surface area contributed by atoms with Crippen LogP contribution in [0.15, 0.2) is 78.4 Å². The van der Waals surface area contributed by atoms with Crippen molar-refractivity contribution in [2.75, 3.05) is 7.11 Å². The molecule has 3 rings (SSSR count). The van der Waals surface area contributed by atoms with Crippen molar-refractivity contribution in [3.05, 3.63) is 101 Å². The Labute approximate surface area is 193 Å². The smallest absolute Gasteiger partial charge is 0.262 e. The molecule has 0 aliphatic rings. The minimum absolute atomic E-state index is 0.0172. The number of carbonyl (C=O) groups is 1. The molecule has 0 aliphatic heterocycles. The van der Waals surface area contributed by atoms with Crippen LogP contribution in [0.2, 0.25) is 0 Å². The number of hydrogen-bond acceptors (Lipinski definition) is 5. The van der Waals surface area contributed by atoms with Gasteiger partial charge in [-0.3, -0.25) is 4.79 Å². The van der Waals surface area contributed by atoms with Crippen LogP contribution in [0.3, 0.4) is 0 Å². The Hall–Kier alpha value is -4.55. The van der Waals surface area contributed by atoms with Crippen molar-refractivity contribution < 1.29 is 14.3 Å². The van der Waals surface area contributed by atoms with Gasteiger partial charge in [-0.1, -0.05) is 54.6 Å². The van der Waals surface area contributed by atoms with Gasteiger partial charge in [0.15, 0.2) is 11.5 Å². The maximum absolute atomic E-state index is 12.6. The summed E-state index contributed by atoms with van der Waals surface area (Å²) >= 11 is 0. The molecule has 6 nitrogen and oxygen atoms in total. The van der Waals surface area contributed by atoms with Gasteiger partial charge in [0.05, 0.1) is 24.8 Å². The molecule has 0 spiro atoms. The first-order valence-electron chi connectivity index (χ1n) is 10.3. The Morgan fingerprint density at radius 1 is 1.03 bits per heavy atom. The largest absolute Gasteiger partial charge is 0.493 e. The van der Waals surface area contributed by atoms with E-state index in [0.29, 0.717) is 22.6 Å². The summed E-state index contributed by atoms with van der Waals surface area (Å²) in [5.41, 5.74) is 2.86. The van der Waals surface area contributed by atoms with Crippen LogP contribution in [0.4, 0.5) is 0 Å². The molecule has 3 aromatic rings. The molecule has 33 heavy (non-hydrogen) atoms. The highest BCUT2D eigenvalue weighted by Crippen LogP contribution is 2.30. The lowest BCUT2D eigenvalue weighted by Gasteiger charge is -2.14. The number of methoxy groups -OCH3 is 1. The number of benzene rings is 3. The Balaban J connectivity index is 1.75. The summed E-state index contributed by atoms with van der Waals surface area (Å²) in [5, 5.41) is 21.6. The molecule has 164 valence electrons. The predicted molar refractivity (Wildman–Crippen MR) is 125 cm³/mol. The average Bonchev–Trinajstić information content (AvgIpc) is 2.86. The van der Waals surface area contributed by atoms with Crippen LogP contribution in [0, 0.1) is 22.7 Å². The molecular formula is C27H23N3O3. The molecule has 1 N–H and O–H groups in total. The molecule has 6 heteroatoms. The van der Waals surface area contributed by atoms with Gasteiger partial charge in [0.2, 0.25) is 0 Å². The predicted octanol–water partition coefficient (Wildman–Crippen LogP) is 4.93. The summed E-state index contributed by atoms with van der Waals surface area (Å²) < 4.78 is 11.3. The Kier molecular flexibility index (Phi) is 7.83. The van der Waals surface area contributed by atoms with Crippen molar-refractivity contribution in [3.8, 4) is 23.6 Å². The highest BCUT2D eigenvalue weighted by molar-refractivity contribution is 6.01. The highest BCUT2D eigenvalue weighted by atomic mass is 16.5. The minimum atomic E-state index is -0.457. The average molecular weight is 437 g/mol. The second kappa shape index (κ2) is 11.2. The quantitative estimate of drug-likeness (QED) is 0.398. The SMILES string of the molecule is COc1cc(/C=C(\C#N)C(=O)N[C@H](C)c2ccccc2)ccc1OCc1ccccc1C#N. The number of rotatable bonds is 8. The molecule has 0 heterocycles. The zero-order valence-corrected chi connectivity index (χ0v) is 18.4. The van der Waals surface area contributed by atoms with E-state index in [-0.39, 0.29) is 18.2 Å². The molecule has 0 radical (unpaired) electrons. The van der Waals surface area contributed by atoms with Gasteiger partial charge < -0.3 is 14.8 Å². The molecule has 1 amide bonds. The van der Waals surface area contributed by atoms with Gasteiger partial charge >= 0.3 is 0 Å². The van der Waals surface area contributed by atoms with Crippen molar-refractivity contribution in [2.24, 2.45) is 0 Å². The summed E-state index contributed by atoms with van der Waals surface area (Å²) in [5.74, 6) is 0.484. The monoisotopic (exact) mass is 437 g/mol. The lowest BCUT2D eigenvalue weighted by Crippen LogP contribution is -2.27. The maximum atomic E-state index is 12.6. The van der Waals surface area contributed by atoms with Crippen molar-refractivity contribution in [3.63, 3.8) is 0 Å². The van der Waals surface area contributed by atoms with Gasteiger partial charge in [-0.05, 0) is 42.3 Å². The summed E-state index contributed by atoms with van der Waals surface area (Å²) in [4.78, 5) is 12.6. The number of nitriles is 2. The molecular weight excluding hydrogens is 414 g/mol. The molecule has 0 aliphatic carbocycles. The first-order valence-corrected chi connectivity index (χ1v) is 10.3. The van der Waals surface area contributed by atoms with Crippen molar-refractivity contribution >= 4 is 12.0 Å². The second-order valence-electron chi connectivity index (χ2n) is 7.24. The summed E-state index contributed by atoms with van der Waals surface area (Å²) in [6.45, 7) is 2.07. The molecule has 0 fully saturated rings. The van der Waals surface area contributed by atoms with E-state index in [1.807, 2.05) is 55.5 Å². The third-order valence-corrected chi connectivity index (χ3v) is 5.03. The fraction of sp³-hybridized carbons (Fsp3) is 0.148. The highest BCUT2D eigenvalue weighted by Gasteiger charge is 2.14. The van der Waals surface area contributed by atoms with Gasteiger partial charge in [-0.15, -0.1) is 0 Å². The van der Waals surface area contributed by atoms with E-state index in [2.05, 4.69) is 11.4 Å². The third-order valence-electron chi connectivity index (χ3n) is 5.03. The van der Waals surface area contributed by atoms with E-state index in [1.165, 1.54) is 13.2 Å². The number of hydrogen-bond donors (Lipinski definition) is 1. The van der Waals surface area contributed by atoms with E-state index in [0.717, 1.165) is 11.1 Å². The number of nitrogens with zero attached hydrogens (tertiary/aromatic N) is 2. The lowest BCUT2D eigenvalue weighted by molar-refractivity contribution is -0.117. The normalized spacial score (nSPS) is 11.6. The summed E-state index contributed by atoms with van der Waals surface area (Å²) in [7, 11) is 1.51. The zero-order valence-electron chi connectivity index (χ0n) is 18.4. The number of carbonyl (C=O) groups excluding carboxylic acids is 1. The molecule has 0 aromatic heterocycles. The fourth-order valence-electron chi connectivity index (χ4n) is 3.22.